The normalized spacial score (nSPS) is 22.4. The minimum absolute atomic E-state index is 0.0620. The van der Waals surface area contributed by atoms with Crippen LogP contribution >= 0.6 is 0 Å². The number of halogens is 2. The summed E-state index contributed by atoms with van der Waals surface area (Å²) in [7, 11) is 1.55. The first-order valence-electron chi connectivity index (χ1n) is 16.3. The number of rotatable bonds is 12. The lowest BCUT2D eigenvalue weighted by Gasteiger charge is -2.26. The van der Waals surface area contributed by atoms with Gasteiger partial charge in [-0.05, 0) is 61.1 Å². The number of carbonyl (C=O) groups is 2. The summed E-state index contributed by atoms with van der Waals surface area (Å²) < 4.78 is 51.8. The second kappa shape index (κ2) is 14.3. The molecular weight excluding hydrogens is 622 g/mol. The summed E-state index contributed by atoms with van der Waals surface area (Å²) >= 11 is 0. The van der Waals surface area contributed by atoms with E-state index >= 15 is 4.39 Å². The van der Waals surface area contributed by atoms with Crippen molar-refractivity contribution in [1.82, 2.24) is 15.2 Å². The lowest BCUT2D eigenvalue weighted by Crippen LogP contribution is -2.42. The molecular formula is C36H40F2N4O6. The van der Waals surface area contributed by atoms with Gasteiger partial charge in [0.05, 0.1) is 32.4 Å². The van der Waals surface area contributed by atoms with Gasteiger partial charge in [-0.1, -0.05) is 13.8 Å². The number of fused-ring (bicyclic) bond motifs is 1. The largest absolute Gasteiger partial charge is 0.493 e. The second-order valence-electron chi connectivity index (χ2n) is 12.4. The molecule has 1 aromatic heterocycles. The predicted octanol–water partition coefficient (Wildman–Crippen LogP) is 6.13. The maximum absolute atomic E-state index is 15.4. The number of allylic oxidation sites excluding steroid dienone is 4. The second-order valence-corrected chi connectivity index (χ2v) is 12.4. The standard InChI is InChI=1S/C36H40F2N4O6/c1-22-23(2)36(22,34(43)40-25-7-5-24(37)6-8-25)35(44)41-26-9-10-31(28(38)19-26)48-30-11-12-39-29-21-33(32(45-3)20-27(29)30)47-16-4-13-42-14-17-46-18-15-42/h5,7,9-12,19-23H,4,6,8,13-18H2,1-3H3,(H,40,43)(H,41,44)/t22-,23-/m1/s1. The highest BCUT2D eigenvalue weighted by Gasteiger charge is 2.69. The van der Waals surface area contributed by atoms with Gasteiger partial charge in [-0.15, -0.1) is 0 Å². The van der Waals surface area contributed by atoms with Gasteiger partial charge >= 0.3 is 0 Å². The van der Waals surface area contributed by atoms with Crippen molar-refractivity contribution in [2.75, 3.05) is 51.9 Å². The number of hydrogen-bond donors (Lipinski definition) is 2. The smallest absolute Gasteiger partial charge is 0.240 e. The molecule has 2 atom stereocenters. The molecule has 1 saturated heterocycles. The van der Waals surface area contributed by atoms with E-state index in [0.29, 0.717) is 46.9 Å². The lowest BCUT2D eigenvalue weighted by molar-refractivity contribution is -0.135. The van der Waals surface area contributed by atoms with Gasteiger partial charge in [0.1, 0.15) is 17.0 Å². The number of hydrogen-bond acceptors (Lipinski definition) is 8. The Hall–Kier alpha value is -4.55. The first kappa shape index (κ1) is 33.4. The van der Waals surface area contributed by atoms with Crippen LogP contribution in [0.3, 0.4) is 0 Å². The monoisotopic (exact) mass is 662 g/mol. The molecule has 48 heavy (non-hydrogen) atoms. The van der Waals surface area contributed by atoms with Crippen molar-refractivity contribution in [2.45, 2.75) is 33.1 Å². The van der Waals surface area contributed by atoms with E-state index in [1.807, 2.05) is 13.8 Å². The zero-order valence-corrected chi connectivity index (χ0v) is 27.3. The highest BCUT2D eigenvalue weighted by atomic mass is 19.1. The zero-order valence-electron chi connectivity index (χ0n) is 27.3. The maximum atomic E-state index is 15.4. The Morgan fingerprint density at radius 2 is 1.73 bits per heavy atom. The third-order valence-corrected chi connectivity index (χ3v) is 9.58. The molecule has 0 radical (unpaired) electrons. The van der Waals surface area contributed by atoms with Crippen molar-refractivity contribution < 1.29 is 37.3 Å². The van der Waals surface area contributed by atoms with Crippen LogP contribution in [0.2, 0.25) is 0 Å². The van der Waals surface area contributed by atoms with Gasteiger partial charge in [0.25, 0.3) is 0 Å². The molecule has 1 aliphatic heterocycles. The van der Waals surface area contributed by atoms with Crippen LogP contribution in [0, 0.1) is 23.1 Å². The molecule has 3 aliphatic rings. The quantitative estimate of drug-likeness (QED) is 0.176. The average molecular weight is 663 g/mol. The van der Waals surface area contributed by atoms with Crippen molar-refractivity contribution in [2.24, 2.45) is 17.3 Å². The Morgan fingerprint density at radius 3 is 2.42 bits per heavy atom. The number of nitrogens with zero attached hydrogens (tertiary/aromatic N) is 2. The highest BCUT2D eigenvalue weighted by molar-refractivity contribution is 6.14. The van der Waals surface area contributed by atoms with Crippen LogP contribution in [0.15, 0.2) is 66.3 Å². The van der Waals surface area contributed by atoms with Crippen molar-refractivity contribution in [1.29, 1.82) is 0 Å². The maximum Gasteiger partial charge on any atom is 0.240 e. The fourth-order valence-corrected chi connectivity index (χ4v) is 6.47. The number of aromatic nitrogens is 1. The SMILES string of the molecule is COc1cc2c(Oc3ccc(NC(=O)C4(C(=O)NC5=CC=C(F)CC5)[C@H](C)[C@H]4C)cc3F)ccnc2cc1OCCCN1CCOCC1. The number of carbonyl (C=O) groups excluding carboxylic acids is 2. The Labute approximate surface area is 278 Å². The molecule has 2 fully saturated rings. The van der Waals surface area contributed by atoms with Crippen LogP contribution in [0.4, 0.5) is 14.5 Å². The molecule has 2 aromatic carbocycles. The van der Waals surface area contributed by atoms with Crippen molar-refractivity contribution in [3.63, 3.8) is 0 Å². The summed E-state index contributed by atoms with van der Waals surface area (Å²) in [6, 6.07) is 9.24. The number of morpholine rings is 1. The molecule has 6 rings (SSSR count). The number of methoxy groups -OCH3 is 1. The molecule has 2 amide bonds. The number of amides is 2. The summed E-state index contributed by atoms with van der Waals surface area (Å²) in [5, 5.41) is 6.11. The topological polar surface area (TPSA) is 111 Å². The third kappa shape index (κ3) is 6.86. The fourth-order valence-electron chi connectivity index (χ4n) is 6.47. The molecule has 10 nitrogen and oxygen atoms in total. The first-order chi connectivity index (χ1) is 23.2. The summed E-state index contributed by atoms with van der Waals surface area (Å²) in [5.74, 6) is -1.08. The molecule has 12 heteroatoms. The van der Waals surface area contributed by atoms with Crippen LogP contribution in [0.25, 0.3) is 10.9 Å². The van der Waals surface area contributed by atoms with Crippen LogP contribution in [0.5, 0.6) is 23.0 Å². The predicted molar refractivity (Wildman–Crippen MR) is 176 cm³/mol. The van der Waals surface area contributed by atoms with Crippen LogP contribution in [-0.4, -0.2) is 68.3 Å². The minimum atomic E-state index is -1.33. The first-order valence-corrected chi connectivity index (χ1v) is 16.3. The van der Waals surface area contributed by atoms with Crippen LogP contribution in [0.1, 0.15) is 33.1 Å². The number of pyridine rings is 1. The van der Waals surface area contributed by atoms with E-state index < -0.39 is 23.0 Å². The summed E-state index contributed by atoms with van der Waals surface area (Å²) in [6.07, 6.45) is 5.77. The molecule has 0 spiro atoms. The summed E-state index contributed by atoms with van der Waals surface area (Å²) in [4.78, 5) is 33.6. The van der Waals surface area contributed by atoms with Gasteiger partial charge in [-0.2, -0.15) is 0 Å². The van der Waals surface area contributed by atoms with Gasteiger partial charge in [0, 0.05) is 61.2 Å². The average Bonchev–Trinajstić information content (AvgIpc) is 3.65. The van der Waals surface area contributed by atoms with Gasteiger partial charge < -0.3 is 29.6 Å². The van der Waals surface area contributed by atoms with Crippen molar-refractivity contribution in [3.05, 3.63) is 72.1 Å². The Bertz CT molecular complexity index is 1750. The molecule has 0 unspecified atom stereocenters. The summed E-state index contributed by atoms with van der Waals surface area (Å²) in [6.45, 7) is 8.41. The number of ether oxygens (including phenoxy) is 4. The van der Waals surface area contributed by atoms with E-state index in [1.165, 1.54) is 24.3 Å². The number of benzene rings is 2. The molecule has 2 aliphatic carbocycles. The molecule has 0 bridgehead atoms. The van der Waals surface area contributed by atoms with E-state index in [1.54, 1.807) is 31.5 Å². The Balaban J connectivity index is 1.12. The van der Waals surface area contributed by atoms with E-state index in [2.05, 4.69) is 20.5 Å². The molecule has 2 heterocycles. The summed E-state index contributed by atoms with van der Waals surface area (Å²) in [5.41, 5.74) is -0.00655. The molecule has 254 valence electrons. The van der Waals surface area contributed by atoms with Crippen molar-refractivity contribution >= 4 is 28.4 Å². The van der Waals surface area contributed by atoms with Gasteiger partial charge in [-0.25, -0.2) is 8.78 Å². The Morgan fingerprint density at radius 1 is 0.958 bits per heavy atom. The highest BCUT2D eigenvalue weighted by Crippen LogP contribution is 2.59. The van der Waals surface area contributed by atoms with E-state index in [9.17, 15) is 14.0 Å². The van der Waals surface area contributed by atoms with Crippen molar-refractivity contribution in [3.8, 4) is 23.0 Å². The number of nitrogens with one attached hydrogen (secondary N) is 2. The molecule has 1 saturated carbocycles. The van der Waals surface area contributed by atoms with Gasteiger partial charge in [0.2, 0.25) is 11.8 Å². The van der Waals surface area contributed by atoms with E-state index in [0.717, 1.165) is 45.3 Å². The van der Waals surface area contributed by atoms with E-state index in [4.69, 9.17) is 18.9 Å². The number of anilines is 1. The van der Waals surface area contributed by atoms with Gasteiger partial charge in [-0.3, -0.25) is 19.5 Å². The molecule has 3 aromatic rings. The van der Waals surface area contributed by atoms with Gasteiger partial charge in [0.15, 0.2) is 23.1 Å². The zero-order chi connectivity index (χ0) is 33.8. The van der Waals surface area contributed by atoms with Crippen LogP contribution in [-0.2, 0) is 14.3 Å². The minimum Gasteiger partial charge on any atom is -0.493 e. The van der Waals surface area contributed by atoms with Crippen LogP contribution < -0.4 is 24.8 Å². The van der Waals surface area contributed by atoms with E-state index in [-0.39, 0.29) is 35.5 Å². The fraction of sp³-hybridized carbons (Fsp3) is 0.417. The third-order valence-electron chi connectivity index (χ3n) is 9.58. The molecule has 2 N–H and O–H groups in total. The lowest BCUT2D eigenvalue weighted by atomic mass is 9.98. The Kier molecular flexibility index (Phi) is 9.93.